The lowest BCUT2D eigenvalue weighted by Crippen LogP contribution is -2.55. The molecule has 41 heavy (non-hydrogen) atoms. The first-order valence-electron chi connectivity index (χ1n) is 14.8. The van der Waals surface area contributed by atoms with Gasteiger partial charge in [0.25, 0.3) is 0 Å². The van der Waals surface area contributed by atoms with Gasteiger partial charge in [-0.2, -0.15) is 15.2 Å². The Balaban J connectivity index is 1.34. The van der Waals surface area contributed by atoms with Crippen LogP contribution in [0.3, 0.4) is 0 Å². The molecule has 0 bridgehead atoms. The smallest absolute Gasteiger partial charge is 0.319 e. The van der Waals surface area contributed by atoms with Crippen LogP contribution < -0.4 is 9.64 Å². The molecule has 2 aliphatic heterocycles. The zero-order valence-corrected chi connectivity index (χ0v) is 23.8. The van der Waals surface area contributed by atoms with Gasteiger partial charge < -0.3 is 19.4 Å². The number of ether oxygens (including phenoxy) is 1. The first-order chi connectivity index (χ1) is 19.9. The fourth-order valence-corrected chi connectivity index (χ4v) is 7.23. The fraction of sp³-hybridized carbons (Fsp3) is 0.531. The number of aryl methyl sites for hydroxylation is 1. The van der Waals surface area contributed by atoms with Gasteiger partial charge in [-0.05, 0) is 75.7 Å². The van der Waals surface area contributed by atoms with E-state index < -0.39 is 5.41 Å². The lowest BCUT2D eigenvalue weighted by molar-refractivity contribution is -0.128. The molecule has 2 aromatic rings. The first kappa shape index (κ1) is 27.4. The van der Waals surface area contributed by atoms with Gasteiger partial charge in [-0.3, -0.25) is 9.59 Å². The second kappa shape index (κ2) is 11.2. The number of benzene rings is 1. The van der Waals surface area contributed by atoms with Gasteiger partial charge in [-0.1, -0.05) is 30.8 Å². The monoisotopic (exact) mass is 554 g/mol. The summed E-state index contributed by atoms with van der Waals surface area (Å²) in [4.78, 5) is 42.7. The maximum absolute atomic E-state index is 14.4. The van der Waals surface area contributed by atoms with Gasteiger partial charge in [-0.25, -0.2) is 0 Å². The summed E-state index contributed by atoms with van der Waals surface area (Å²) in [5.41, 5.74) is 3.48. The highest BCUT2D eigenvalue weighted by Gasteiger charge is 2.47. The highest BCUT2D eigenvalue weighted by Crippen LogP contribution is 2.46. The number of piperazine rings is 1. The number of fused-ring (bicyclic) bond motifs is 2. The molecule has 0 radical (unpaired) electrons. The third-order valence-corrected chi connectivity index (χ3v) is 9.68. The average molecular weight is 555 g/mol. The number of rotatable bonds is 6. The third-order valence-electron chi connectivity index (χ3n) is 9.68. The number of likely N-dealkylation sites (tertiary alicyclic amines) is 1. The number of Topliss-reactive ketones (excluding diaryl/α,β-unsaturated/α-hetero) is 1. The van der Waals surface area contributed by atoms with Gasteiger partial charge in [0.2, 0.25) is 5.91 Å². The molecule has 2 aliphatic carbocycles. The molecule has 3 heterocycles. The second-order valence-corrected chi connectivity index (χ2v) is 12.0. The molecule has 1 spiro atoms. The Morgan fingerprint density at radius 3 is 2.73 bits per heavy atom. The van der Waals surface area contributed by atoms with Gasteiger partial charge in [0, 0.05) is 36.7 Å². The van der Waals surface area contributed by atoms with Crippen molar-refractivity contribution in [2.45, 2.75) is 63.5 Å². The normalized spacial score (nSPS) is 25.9. The lowest BCUT2D eigenvalue weighted by atomic mass is 9.63. The van der Waals surface area contributed by atoms with Crippen molar-refractivity contribution in [3.8, 4) is 12.1 Å². The number of aromatic nitrogens is 2. The zero-order chi connectivity index (χ0) is 28.6. The molecule has 1 aromatic heterocycles. The van der Waals surface area contributed by atoms with Gasteiger partial charge in [-0.15, -0.1) is 0 Å². The van der Waals surface area contributed by atoms with Crippen LogP contribution in [-0.2, 0) is 24.1 Å². The average Bonchev–Trinajstić information content (AvgIpc) is 3.42. The summed E-state index contributed by atoms with van der Waals surface area (Å²) in [7, 11) is 2.10. The summed E-state index contributed by atoms with van der Waals surface area (Å²) < 4.78 is 6.22. The molecule has 6 rings (SSSR count). The molecule has 1 aromatic carbocycles. The number of anilines is 1. The van der Waals surface area contributed by atoms with E-state index in [2.05, 4.69) is 53.8 Å². The number of hydrogen-bond donors (Lipinski definition) is 0. The van der Waals surface area contributed by atoms with E-state index in [1.165, 1.54) is 17.2 Å². The molecule has 1 amide bonds. The molecule has 2 saturated heterocycles. The number of carbonyl (C=O) groups is 2. The van der Waals surface area contributed by atoms with Crippen LogP contribution in [-0.4, -0.2) is 83.4 Å². The fourth-order valence-electron chi connectivity index (χ4n) is 7.23. The molecule has 0 saturated carbocycles. The second-order valence-electron chi connectivity index (χ2n) is 12.0. The van der Waals surface area contributed by atoms with E-state index in [1.54, 1.807) is 4.90 Å². The van der Waals surface area contributed by atoms with Crippen molar-refractivity contribution < 1.29 is 14.3 Å². The Labute approximate surface area is 241 Å². The maximum Gasteiger partial charge on any atom is 0.319 e. The highest BCUT2D eigenvalue weighted by atomic mass is 16.5. The lowest BCUT2D eigenvalue weighted by Gasteiger charge is -2.43. The minimum atomic E-state index is -0.464. The number of likely N-dealkylation sites (N-methyl/N-ethyl adjacent to an activating group) is 1. The molecule has 3 atom stereocenters. The maximum atomic E-state index is 14.4. The Morgan fingerprint density at radius 2 is 1.98 bits per heavy atom. The summed E-state index contributed by atoms with van der Waals surface area (Å²) in [6.07, 6.45) is 7.62. The molecule has 9 heteroatoms. The summed E-state index contributed by atoms with van der Waals surface area (Å²) in [6.45, 7) is 6.60. The predicted octanol–water partition coefficient (Wildman–Crippen LogP) is 3.37. The van der Waals surface area contributed by atoms with Crippen LogP contribution in [0, 0.1) is 16.7 Å². The summed E-state index contributed by atoms with van der Waals surface area (Å²) in [5.74, 6) is 0.626. The Kier molecular flexibility index (Phi) is 7.52. The van der Waals surface area contributed by atoms with Crippen LogP contribution in [0.2, 0.25) is 0 Å². The van der Waals surface area contributed by atoms with Crippen LogP contribution in [0.1, 0.15) is 59.3 Å². The van der Waals surface area contributed by atoms with Crippen molar-refractivity contribution in [2.75, 3.05) is 44.7 Å². The SMILES string of the molecule is C=CC(=O)N1CCN(c2nc(OCC3CCCN3C)nc3c2CCC2(CCc4ccccc4C2)C3=O)CC1CC#N. The molecule has 214 valence electrons. The topological polar surface area (TPSA) is 103 Å². The van der Waals surface area contributed by atoms with Crippen LogP contribution in [0.5, 0.6) is 6.01 Å². The largest absolute Gasteiger partial charge is 0.462 e. The summed E-state index contributed by atoms with van der Waals surface area (Å²) >= 11 is 0. The van der Waals surface area contributed by atoms with Crippen LogP contribution in [0.15, 0.2) is 36.9 Å². The van der Waals surface area contributed by atoms with Gasteiger partial charge >= 0.3 is 6.01 Å². The molecular formula is C32H38N6O3. The molecular weight excluding hydrogens is 516 g/mol. The van der Waals surface area contributed by atoms with E-state index in [0.717, 1.165) is 50.6 Å². The van der Waals surface area contributed by atoms with Gasteiger partial charge in [0.15, 0.2) is 5.78 Å². The molecule has 9 nitrogen and oxygen atoms in total. The minimum absolute atomic E-state index is 0.0915. The highest BCUT2D eigenvalue weighted by molar-refractivity contribution is 6.02. The van der Waals surface area contributed by atoms with E-state index >= 15 is 0 Å². The number of nitriles is 1. The van der Waals surface area contributed by atoms with E-state index in [-0.39, 0.29) is 30.2 Å². The Bertz CT molecular complexity index is 1400. The van der Waals surface area contributed by atoms with Crippen LogP contribution >= 0.6 is 0 Å². The van der Waals surface area contributed by atoms with Crippen molar-refractivity contribution in [1.82, 2.24) is 19.8 Å². The van der Waals surface area contributed by atoms with Crippen molar-refractivity contribution in [3.05, 3.63) is 59.3 Å². The van der Waals surface area contributed by atoms with Gasteiger partial charge in [0.05, 0.1) is 18.5 Å². The molecule has 3 unspecified atom stereocenters. The van der Waals surface area contributed by atoms with Crippen molar-refractivity contribution >= 4 is 17.5 Å². The minimum Gasteiger partial charge on any atom is -0.462 e. The van der Waals surface area contributed by atoms with Gasteiger partial charge in [0.1, 0.15) is 18.1 Å². The molecule has 2 fully saturated rings. The number of hydrogen-bond acceptors (Lipinski definition) is 8. The quantitative estimate of drug-likeness (QED) is 0.501. The van der Waals surface area contributed by atoms with E-state index in [1.807, 2.05) is 0 Å². The third kappa shape index (κ3) is 5.10. The van der Waals surface area contributed by atoms with Crippen molar-refractivity contribution in [1.29, 1.82) is 5.26 Å². The molecule has 0 N–H and O–H groups in total. The van der Waals surface area contributed by atoms with Crippen molar-refractivity contribution in [3.63, 3.8) is 0 Å². The van der Waals surface area contributed by atoms with Crippen LogP contribution in [0.25, 0.3) is 0 Å². The zero-order valence-electron chi connectivity index (χ0n) is 23.8. The first-order valence-corrected chi connectivity index (χ1v) is 14.8. The number of amides is 1. The number of nitrogens with zero attached hydrogens (tertiary/aromatic N) is 6. The summed E-state index contributed by atoms with van der Waals surface area (Å²) in [5, 5.41) is 9.50. The van der Waals surface area contributed by atoms with Crippen LogP contribution in [0.4, 0.5) is 5.82 Å². The standard InChI is InChI=1S/C32H38N6O3/c1-3-27(39)38-18-17-37(20-24(38)12-15-33)30-26-11-14-32(13-10-22-7-4-5-8-23(22)19-32)29(40)28(26)34-31(35-30)41-21-25-9-6-16-36(25)2/h3-5,7-8,24-25H,1,6,9-14,16-21H2,2H3. The molecule has 4 aliphatic rings. The van der Waals surface area contributed by atoms with E-state index in [9.17, 15) is 14.9 Å². The predicted molar refractivity (Wildman–Crippen MR) is 155 cm³/mol. The number of ketones is 1. The number of carbonyl (C=O) groups excluding carboxylic acids is 2. The van der Waals surface area contributed by atoms with E-state index in [4.69, 9.17) is 14.7 Å². The van der Waals surface area contributed by atoms with Crippen molar-refractivity contribution in [2.24, 2.45) is 5.41 Å². The Hall–Kier alpha value is -3.77. The van der Waals surface area contributed by atoms with E-state index in [0.29, 0.717) is 50.2 Å². The summed E-state index contributed by atoms with van der Waals surface area (Å²) in [6, 6.07) is 10.9. The Morgan fingerprint density at radius 1 is 1.17 bits per heavy atom.